The van der Waals surface area contributed by atoms with Gasteiger partial charge >= 0.3 is 0 Å². The second-order valence-corrected chi connectivity index (χ2v) is 8.43. The van der Waals surface area contributed by atoms with Gasteiger partial charge in [-0.05, 0) is 90.8 Å². The van der Waals surface area contributed by atoms with Crippen LogP contribution in [0.5, 0.6) is 0 Å². The zero-order valence-corrected chi connectivity index (χ0v) is 14.3. The summed E-state index contributed by atoms with van der Waals surface area (Å²) in [6, 6.07) is 0. The average molecular weight is 280 g/mol. The largest absolute Gasteiger partial charge is 0.312 e. The quantitative estimate of drug-likeness (QED) is 0.678. The lowest BCUT2D eigenvalue weighted by Crippen LogP contribution is -2.36. The van der Waals surface area contributed by atoms with Crippen molar-refractivity contribution in [3.63, 3.8) is 0 Å². The Hall–Kier alpha value is -0.0800. The van der Waals surface area contributed by atoms with Crippen molar-refractivity contribution in [3.8, 4) is 0 Å². The molecule has 0 heterocycles. The van der Waals surface area contributed by atoms with E-state index in [9.17, 15) is 0 Å². The highest BCUT2D eigenvalue weighted by atomic mass is 15.1. The summed E-state index contributed by atoms with van der Waals surface area (Å²) in [4.78, 5) is 2.60. The molecule has 0 aromatic heterocycles. The van der Waals surface area contributed by atoms with Crippen LogP contribution in [0.1, 0.15) is 65.7 Å². The molecule has 0 radical (unpaired) electrons. The Bertz CT molecular complexity index is 282. The number of nitrogens with zero attached hydrogens (tertiary/aromatic N) is 1. The SMILES string of the molecule is CN(CCCCCNC(C)(C)C)CC1CC2CCC1C2. The number of hydrogen-bond donors (Lipinski definition) is 1. The Labute approximate surface area is 126 Å². The molecule has 2 fully saturated rings. The highest BCUT2D eigenvalue weighted by Crippen LogP contribution is 2.48. The van der Waals surface area contributed by atoms with Crippen LogP contribution in [-0.4, -0.2) is 37.1 Å². The van der Waals surface area contributed by atoms with Gasteiger partial charge < -0.3 is 10.2 Å². The molecule has 0 saturated heterocycles. The molecule has 0 aromatic rings. The summed E-state index contributed by atoms with van der Waals surface area (Å²) in [6.07, 6.45) is 10.2. The zero-order valence-electron chi connectivity index (χ0n) is 14.3. The first-order chi connectivity index (χ1) is 9.44. The molecule has 2 saturated carbocycles. The fourth-order valence-corrected chi connectivity index (χ4v) is 4.24. The van der Waals surface area contributed by atoms with E-state index < -0.39 is 0 Å². The van der Waals surface area contributed by atoms with Gasteiger partial charge in [0.1, 0.15) is 0 Å². The van der Waals surface area contributed by atoms with Crippen LogP contribution < -0.4 is 5.32 Å². The monoisotopic (exact) mass is 280 g/mol. The van der Waals surface area contributed by atoms with Crippen molar-refractivity contribution in [2.75, 3.05) is 26.7 Å². The van der Waals surface area contributed by atoms with Crippen molar-refractivity contribution in [3.05, 3.63) is 0 Å². The van der Waals surface area contributed by atoms with Crippen LogP contribution in [0.15, 0.2) is 0 Å². The predicted octanol–water partition coefficient (Wildman–Crippen LogP) is 3.91. The predicted molar refractivity (Wildman–Crippen MR) is 88.0 cm³/mol. The number of fused-ring (bicyclic) bond motifs is 2. The van der Waals surface area contributed by atoms with Crippen LogP contribution in [-0.2, 0) is 0 Å². The minimum Gasteiger partial charge on any atom is -0.312 e. The van der Waals surface area contributed by atoms with Crippen LogP contribution in [0.4, 0.5) is 0 Å². The van der Waals surface area contributed by atoms with E-state index in [-0.39, 0.29) is 5.54 Å². The maximum absolute atomic E-state index is 3.57. The molecule has 2 aliphatic rings. The summed E-state index contributed by atoms with van der Waals surface area (Å²) < 4.78 is 0. The maximum Gasteiger partial charge on any atom is 0.00965 e. The van der Waals surface area contributed by atoms with Gasteiger partial charge in [0.15, 0.2) is 0 Å². The van der Waals surface area contributed by atoms with Gasteiger partial charge in [0.25, 0.3) is 0 Å². The first-order valence-corrected chi connectivity index (χ1v) is 8.87. The molecule has 20 heavy (non-hydrogen) atoms. The summed E-state index contributed by atoms with van der Waals surface area (Å²) in [5, 5.41) is 3.57. The molecule has 2 aliphatic carbocycles. The fraction of sp³-hybridized carbons (Fsp3) is 1.00. The Morgan fingerprint density at radius 3 is 2.45 bits per heavy atom. The normalized spacial score (nSPS) is 29.6. The zero-order chi connectivity index (χ0) is 14.6. The van der Waals surface area contributed by atoms with E-state index >= 15 is 0 Å². The molecule has 3 atom stereocenters. The van der Waals surface area contributed by atoms with Gasteiger partial charge in [-0.3, -0.25) is 0 Å². The Balaban J connectivity index is 1.47. The second-order valence-electron chi connectivity index (χ2n) is 8.43. The van der Waals surface area contributed by atoms with Crippen molar-refractivity contribution < 1.29 is 0 Å². The van der Waals surface area contributed by atoms with Gasteiger partial charge in [-0.1, -0.05) is 12.8 Å². The summed E-state index contributed by atoms with van der Waals surface area (Å²) >= 11 is 0. The summed E-state index contributed by atoms with van der Waals surface area (Å²) in [5.41, 5.74) is 0.276. The van der Waals surface area contributed by atoms with Crippen molar-refractivity contribution in [2.45, 2.75) is 71.3 Å². The Morgan fingerprint density at radius 2 is 1.85 bits per heavy atom. The minimum absolute atomic E-state index is 0.276. The molecule has 2 bridgehead atoms. The van der Waals surface area contributed by atoms with Gasteiger partial charge in [0, 0.05) is 12.1 Å². The van der Waals surface area contributed by atoms with Gasteiger partial charge in [-0.2, -0.15) is 0 Å². The standard InChI is InChI=1S/C18H36N2/c1-18(2,3)19-10-6-5-7-11-20(4)14-17-13-15-8-9-16(17)12-15/h15-17,19H,5-14H2,1-4H3. The molecule has 0 spiro atoms. The maximum atomic E-state index is 3.57. The second kappa shape index (κ2) is 7.26. The molecular formula is C18H36N2. The Morgan fingerprint density at radius 1 is 1.05 bits per heavy atom. The van der Waals surface area contributed by atoms with Crippen molar-refractivity contribution in [1.29, 1.82) is 0 Å². The van der Waals surface area contributed by atoms with Crippen molar-refractivity contribution in [1.82, 2.24) is 10.2 Å². The van der Waals surface area contributed by atoms with Crippen molar-refractivity contribution in [2.24, 2.45) is 17.8 Å². The van der Waals surface area contributed by atoms with Crippen LogP contribution in [0.2, 0.25) is 0 Å². The highest BCUT2D eigenvalue weighted by Gasteiger charge is 2.39. The van der Waals surface area contributed by atoms with E-state index in [1.54, 1.807) is 6.42 Å². The molecule has 0 aliphatic heterocycles. The highest BCUT2D eigenvalue weighted by molar-refractivity contribution is 4.90. The van der Waals surface area contributed by atoms with Gasteiger partial charge in [-0.25, -0.2) is 0 Å². The smallest absolute Gasteiger partial charge is 0.00965 e. The number of hydrogen-bond acceptors (Lipinski definition) is 2. The van der Waals surface area contributed by atoms with E-state index in [4.69, 9.17) is 0 Å². The lowest BCUT2D eigenvalue weighted by molar-refractivity contribution is 0.217. The summed E-state index contributed by atoms with van der Waals surface area (Å²) in [7, 11) is 2.33. The summed E-state index contributed by atoms with van der Waals surface area (Å²) in [5.74, 6) is 3.21. The van der Waals surface area contributed by atoms with Crippen LogP contribution in [0.25, 0.3) is 0 Å². The third-order valence-corrected chi connectivity index (χ3v) is 5.30. The van der Waals surface area contributed by atoms with E-state index in [0.717, 1.165) is 17.8 Å². The van der Waals surface area contributed by atoms with Gasteiger partial charge in [0.2, 0.25) is 0 Å². The Kier molecular flexibility index (Phi) is 5.92. The van der Waals surface area contributed by atoms with E-state index in [0.29, 0.717) is 0 Å². The first-order valence-electron chi connectivity index (χ1n) is 8.87. The van der Waals surface area contributed by atoms with E-state index in [1.165, 1.54) is 58.2 Å². The fourth-order valence-electron chi connectivity index (χ4n) is 4.24. The van der Waals surface area contributed by atoms with E-state index in [1.807, 2.05) is 0 Å². The van der Waals surface area contributed by atoms with E-state index in [2.05, 4.69) is 38.0 Å². The average Bonchev–Trinajstić information content (AvgIpc) is 2.94. The molecule has 2 nitrogen and oxygen atoms in total. The molecule has 3 unspecified atom stereocenters. The molecule has 0 amide bonds. The molecule has 0 aromatic carbocycles. The van der Waals surface area contributed by atoms with Gasteiger partial charge in [0.05, 0.1) is 0 Å². The third kappa shape index (κ3) is 5.37. The minimum atomic E-state index is 0.276. The number of unbranched alkanes of at least 4 members (excludes halogenated alkanes) is 2. The lowest BCUT2D eigenvalue weighted by Gasteiger charge is -2.27. The third-order valence-electron chi connectivity index (χ3n) is 5.30. The number of rotatable bonds is 8. The van der Waals surface area contributed by atoms with Crippen molar-refractivity contribution >= 4 is 0 Å². The van der Waals surface area contributed by atoms with Crippen LogP contribution in [0, 0.1) is 17.8 Å². The molecule has 2 rings (SSSR count). The summed E-state index contributed by atoms with van der Waals surface area (Å²) in [6.45, 7) is 10.6. The first kappa shape index (κ1) is 16.3. The van der Waals surface area contributed by atoms with Gasteiger partial charge in [-0.15, -0.1) is 0 Å². The number of nitrogens with one attached hydrogen (secondary N) is 1. The molecule has 2 heteroatoms. The molecule has 118 valence electrons. The van der Waals surface area contributed by atoms with Crippen LogP contribution >= 0.6 is 0 Å². The van der Waals surface area contributed by atoms with Crippen LogP contribution in [0.3, 0.4) is 0 Å². The topological polar surface area (TPSA) is 15.3 Å². The molecule has 1 N–H and O–H groups in total. The lowest BCUT2D eigenvalue weighted by atomic mass is 9.88. The molecular weight excluding hydrogens is 244 g/mol.